The lowest BCUT2D eigenvalue weighted by atomic mass is 10.1. The van der Waals surface area contributed by atoms with E-state index in [1.54, 1.807) is 0 Å². The molecule has 0 aliphatic carbocycles. The maximum Gasteiger partial charge on any atom is 0.197 e. The molecule has 1 aromatic carbocycles. The summed E-state index contributed by atoms with van der Waals surface area (Å²) in [5.74, 6) is 0.341. The smallest absolute Gasteiger partial charge is 0.197 e. The number of aromatic amines is 1. The van der Waals surface area contributed by atoms with Crippen LogP contribution >= 0.6 is 12.2 Å². The first kappa shape index (κ1) is 11.0. The quantitative estimate of drug-likeness (QED) is 0.582. The predicted molar refractivity (Wildman–Crippen MR) is 76.3 cm³/mol. The Morgan fingerprint density at radius 1 is 1.33 bits per heavy atom. The zero-order valence-corrected chi connectivity index (χ0v) is 10.6. The van der Waals surface area contributed by atoms with E-state index in [2.05, 4.69) is 26.7 Å². The molecule has 0 bridgehead atoms. The number of aryl methyl sites for hydroxylation is 1. The number of rotatable bonds is 1. The van der Waals surface area contributed by atoms with Crippen LogP contribution in [0.5, 0.6) is 0 Å². The highest BCUT2D eigenvalue weighted by Gasteiger charge is 2.22. The first-order chi connectivity index (χ1) is 8.65. The van der Waals surface area contributed by atoms with Crippen molar-refractivity contribution >= 4 is 34.2 Å². The van der Waals surface area contributed by atoms with Crippen molar-refractivity contribution in [3.05, 3.63) is 35.5 Å². The van der Waals surface area contributed by atoms with E-state index < -0.39 is 0 Å². The van der Waals surface area contributed by atoms with Gasteiger partial charge in [-0.2, -0.15) is 0 Å². The number of para-hydroxylation sites is 1. The Balaban J connectivity index is 2.17. The molecule has 1 aliphatic rings. The maximum absolute atomic E-state index is 5.72. The van der Waals surface area contributed by atoms with Gasteiger partial charge < -0.3 is 21.4 Å². The fraction of sp³-hybridized carbons (Fsp3) is 0.167. The van der Waals surface area contributed by atoms with Gasteiger partial charge >= 0.3 is 0 Å². The van der Waals surface area contributed by atoms with E-state index in [9.17, 15) is 0 Å². The van der Waals surface area contributed by atoms with Gasteiger partial charge in [0.15, 0.2) is 17.2 Å². The molecule has 1 aliphatic heterocycles. The minimum atomic E-state index is -0.241. The molecule has 2 heterocycles. The Labute approximate surface area is 109 Å². The third-order valence-electron chi connectivity index (χ3n) is 2.99. The van der Waals surface area contributed by atoms with Gasteiger partial charge in [-0.15, -0.1) is 0 Å². The maximum atomic E-state index is 5.72. The molecular formula is C12H13N5S. The molecule has 1 aromatic heterocycles. The van der Waals surface area contributed by atoms with Crippen molar-refractivity contribution in [1.82, 2.24) is 15.6 Å². The van der Waals surface area contributed by atoms with Crippen LogP contribution in [-0.4, -0.2) is 16.1 Å². The molecule has 0 saturated heterocycles. The topological polar surface area (TPSA) is 78.2 Å². The molecule has 0 saturated carbocycles. The van der Waals surface area contributed by atoms with Crippen LogP contribution in [0, 0.1) is 6.92 Å². The number of thiocarbonyl (C=S) groups is 1. The highest BCUT2D eigenvalue weighted by atomic mass is 32.1. The van der Waals surface area contributed by atoms with Gasteiger partial charge in [0, 0.05) is 22.2 Å². The molecule has 0 amide bonds. The Kier molecular flexibility index (Phi) is 2.45. The minimum Gasteiger partial charge on any atom is -0.370 e. The summed E-state index contributed by atoms with van der Waals surface area (Å²) in [7, 11) is 0. The molecule has 92 valence electrons. The molecule has 6 heteroatoms. The van der Waals surface area contributed by atoms with Crippen LogP contribution in [-0.2, 0) is 0 Å². The monoisotopic (exact) mass is 259 g/mol. The van der Waals surface area contributed by atoms with Crippen molar-refractivity contribution in [3.8, 4) is 0 Å². The number of fused-ring (bicyclic) bond motifs is 1. The van der Waals surface area contributed by atoms with Crippen LogP contribution in [0.2, 0.25) is 0 Å². The van der Waals surface area contributed by atoms with Gasteiger partial charge in [0.05, 0.1) is 0 Å². The second kappa shape index (κ2) is 3.99. The van der Waals surface area contributed by atoms with Gasteiger partial charge in [0.1, 0.15) is 0 Å². The summed E-state index contributed by atoms with van der Waals surface area (Å²) in [4.78, 5) is 7.69. The van der Waals surface area contributed by atoms with Crippen LogP contribution in [0.25, 0.3) is 10.9 Å². The Morgan fingerprint density at radius 2 is 2.11 bits per heavy atom. The Hall–Kier alpha value is -2.08. The van der Waals surface area contributed by atoms with E-state index in [0.29, 0.717) is 11.1 Å². The lowest BCUT2D eigenvalue weighted by Crippen LogP contribution is -2.49. The van der Waals surface area contributed by atoms with E-state index >= 15 is 0 Å². The van der Waals surface area contributed by atoms with E-state index in [4.69, 9.17) is 18.0 Å². The van der Waals surface area contributed by atoms with Gasteiger partial charge in [-0.05, 0) is 25.2 Å². The molecule has 2 aromatic rings. The molecule has 0 radical (unpaired) electrons. The standard InChI is InChI=1S/C12H13N5S/c1-6-9(7-4-2-3-5-8(7)14-6)10-15-11(13)17-12(18)16-10/h2-5,10,14H,1H3,(H4,13,15,16,17,18)/t10-/m0/s1. The number of nitrogens with two attached hydrogens (primary N) is 1. The molecule has 0 spiro atoms. The van der Waals surface area contributed by atoms with Crippen LogP contribution in [0.3, 0.4) is 0 Å². The summed E-state index contributed by atoms with van der Waals surface area (Å²) >= 11 is 5.11. The lowest BCUT2D eigenvalue weighted by Gasteiger charge is -2.23. The van der Waals surface area contributed by atoms with Crippen LogP contribution in [0.1, 0.15) is 17.4 Å². The molecule has 1 atom stereocenters. The molecule has 5 nitrogen and oxygen atoms in total. The zero-order chi connectivity index (χ0) is 12.7. The molecule has 0 fully saturated rings. The summed E-state index contributed by atoms with van der Waals surface area (Å²) in [6, 6.07) is 8.11. The third kappa shape index (κ3) is 1.70. The highest BCUT2D eigenvalue weighted by molar-refractivity contribution is 7.80. The van der Waals surface area contributed by atoms with Crippen molar-refractivity contribution in [2.75, 3.05) is 0 Å². The summed E-state index contributed by atoms with van der Waals surface area (Å²) in [6.07, 6.45) is -0.241. The SMILES string of the molecule is Cc1[nH]c2ccccc2c1[C@H]1N=C(N)NC(=S)N1. The van der Waals surface area contributed by atoms with Crippen LogP contribution in [0.4, 0.5) is 0 Å². The highest BCUT2D eigenvalue weighted by Crippen LogP contribution is 2.29. The first-order valence-corrected chi connectivity index (χ1v) is 6.04. The number of H-pyrrole nitrogens is 1. The second-order valence-corrected chi connectivity index (χ2v) is 4.63. The average Bonchev–Trinajstić information content (AvgIpc) is 2.63. The predicted octanol–water partition coefficient (Wildman–Crippen LogP) is 1.27. The number of benzene rings is 1. The van der Waals surface area contributed by atoms with E-state index in [1.807, 2.05) is 25.1 Å². The summed E-state index contributed by atoms with van der Waals surface area (Å²) in [6.45, 7) is 2.02. The lowest BCUT2D eigenvalue weighted by molar-refractivity contribution is 0.660. The third-order valence-corrected chi connectivity index (χ3v) is 3.21. The second-order valence-electron chi connectivity index (χ2n) is 4.22. The van der Waals surface area contributed by atoms with Crippen molar-refractivity contribution in [3.63, 3.8) is 0 Å². The van der Waals surface area contributed by atoms with Crippen molar-refractivity contribution in [2.45, 2.75) is 13.1 Å². The number of guanidine groups is 1. The average molecular weight is 259 g/mol. The van der Waals surface area contributed by atoms with Gasteiger partial charge in [0.25, 0.3) is 0 Å². The van der Waals surface area contributed by atoms with Gasteiger partial charge in [0.2, 0.25) is 0 Å². The minimum absolute atomic E-state index is 0.241. The molecule has 18 heavy (non-hydrogen) atoms. The largest absolute Gasteiger partial charge is 0.370 e. The summed E-state index contributed by atoms with van der Waals surface area (Å²) < 4.78 is 0. The zero-order valence-electron chi connectivity index (χ0n) is 9.82. The Bertz CT molecular complexity index is 658. The summed E-state index contributed by atoms with van der Waals surface area (Å²) in [5, 5.41) is 7.52. The van der Waals surface area contributed by atoms with E-state index in [-0.39, 0.29) is 6.17 Å². The first-order valence-electron chi connectivity index (χ1n) is 5.63. The van der Waals surface area contributed by atoms with Crippen molar-refractivity contribution in [2.24, 2.45) is 10.7 Å². The fourth-order valence-electron chi connectivity index (χ4n) is 2.27. The number of aliphatic imine (C=N–C) groups is 1. The number of nitrogens with one attached hydrogen (secondary N) is 3. The van der Waals surface area contributed by atoms with Crippen molar-refractivity contribution < 1.29 is 0 Å². The van der Waals surface area contributed by atoms with Crippen molar-refractivity contribution in [1.29, 1.82) is 0 Å². The van der Waals surface area contributed by atoms with E-state index in [0.717, 1.165) is 22.2 Å². The molecule has 0 unspecified atom stereocenters. The molecular weight excluding hydrogens is 246 g/mol. The van der Waals surface area contributed by atoms with Crippen LogP contribution < -0.4 is 16.4 Å². The normalized spacial score (nSPS) is 19.3. The van der Waals surface area contributed by atoms with Gasteiger partial charge in [-0.3, -0.25) is 0 Å². The van der Waals surface area contributed by atoms with Crippen LogP contribution in [0.15, 0.2) is 29.3 Å². The van der Waals surface area contributed by atoms with Gasteiger partial charge in [-0.1, -0.05) is 18.2 Å². The Morgan fingerprint density at radius 3 is 2.89 bits per heavy atom. The number of hydrogen-bond donors (Lipinski definition) is 4. The number of nitrogens with zero attached hydrogens (tertiary/aromatic N) is 1. The molecule has 5 N–H and O–H groups in total. The fourth-order valence-corrected chi connectivity index (χ4v) is 2.48. The van der Waals surface area contributed by atoms with Gasteiger partial charge in [-0.25, -0.2) is 4.99 Å². The molecule has 3 rings (SSSR count). The van der Waals surface area contributed by atoms with E-state index in [1.165, 1.54) is 0 Å². The number of hydrogen-bond acceptors (Lipinski definition) is 3. The number of aromatic nitrogens is 1. The summed E-state index contributed by atoms with van der Waals surface area (Å²) in [5.41, 5.74) is 8.95.